The topological polar surface area (TPSA) is 56.7 Å². The molecule has 1 fully saturated rings. The number of nitrogens with zero attached hydrogens (tertiary/aromatic N) is 3. The summed E-state index contributed by atoms with van der Waals surface area (Å²) in [6.45, 7) is 1.78. The normalized spacial score (nSPS) is 19.4. The van der Waals surface area contributed by atoms with Crippen LogP contribution in [-0.4, -0.2) is 21.3 Å². The standard InChI is InChI=1S/C8H14N4/c9-5-8(1-2-8)3-4-12-7-10-6-11-12/h6-7H,1-5,9H2. The van der Waals surface area contributed by atoms with Gasteiger partial charge in [-0.25, -0.2) is 4.98 Å². The fraction of sp³-hybridized carbons (Fsp3) is 0.750. The molecule has 66 valence electrons. The second-order valence-corrected chi connectivity index (χ2v) is 3.61. The second kappa shape index (κ2) is 2.86. The average Bonchev–Trinajstić information content (AvgIpc) is 2.70. The molecule has 12 heavy (non-hydrogen) atoms. The largest absolute Gasteiger partial charge is 0.330 e. The molecule has 2 rings (SSSR count). The van der Waals surface area contributed by atoms with Gasteiger partial charge in [-0.1, -0.05) is 0 Å². The first-order chi connectivity index (χ1) is 5.85. The van der Waals surface area contributed by atoms with E-state index in [9.17, 15) is 0 Å². The van der Waals surface area contributed by atoms with Crippen molar-refractivity contribution < 1.29 is 0 Å². The van der Waals surface area contributed by atoms with Gasteiger partial charge in [0.1, 0.15) is 12.7 Å². The molecule has 1 aliphatic rings. The van der Waals surface area contributed by atoms with Gasteiger partial charge in [0, 0.05) is 6.54 Å². The van der Waals surface area contributed by atoms with Gasteiger partial charge in [-0.05, 0) is 31.2 Å². The Labute approximate surface area is 71.8 Å². The summed E-state index contributed by atoms with van der Waals surface area (Å²) in [5.41, 5.74) is 6.11. The third kappa shape index (κ3) is 1.48. The summed E-state index contributed by atoms with van der Waals surface area (Å²) in [6.07, 6.45) is 7.05. The van der Waals surface area contributed by atoms with E-state index >= 15 is 0 Å². The van der Waals surface area contributed by atoms with Gasteiger partial charge in [-0.15, -0.1) is 0 Å². The molecule has 0 unspecified atom stereocenters. The summed E-state index contributed by atoms with van der Waals surface area (Å²) in [6, 6.07) is 0. The molecular formula is C8H14N4. The first-order valence-electron chi connectivity index (χ1n) is 4.37. The van der Waals surface area contributed by atoms with Crippen LogP contribution in [0.1, 0.15) is 19.3 Å². The van der Waals surface area contributed by atoms with E-state index in [1.165, 1.54) is 12.8 Å². The Hall–Kier alpha value is -0.900. The van der Waals surface area contributed by atoms with Crippen molar-refractivity contribution in [3.63, 3.8) is 0 Å². The molecule has 0 aliphatic heterocycles. The van der Waals surface area contributed by atoms with E-state index in [0.717, 1.165) is 19.5 Å². The zero-order valence-electron chi connectivity index (χ0n) is 7.11. The summed E-state index contributed by atoms with van der Waals surface area (Å²) < 4.78 is 1.87. The molecule has 0 spiro atoms. The van der Waals surface area contributed by atoms with E-state index in [1.54, 1.807) is 12.7 Å². The van der Waals surface area contributed by atoms with Crippen molar-refractivity contribution in [2.45, 2.75) is 25.8 Å². The van der Waals surface area contributed by atoms with Gasteiger partial charge in [0.05, 0.1) is 0 Å². The van der Waals surface area contributed by atoms with Gasteiger partial charge >= 0.3 is 0 Å². The third-order valence-electron chi connectivity index (χ3n) is 2.73. The van der Waals surface area contributed by atoms with Crippen molar-refractivity contribution >= 4 is 0 Å². The summed E-state index contributed by atoms with van der Waals surface area (Å²) in [5, 5.41) is 4.05. The van der Waals surface area contributed by atoms with Gasteiger partial charge < -0.3 is 5.73 Å². The maximum absolute atomic E-state index is 5.66. The molecule has 1 saturated carbocycles. The zero-order valence-corrected chi connectivity index (χ0v) is 7.11. The lowest BCUT2D eigenvalue weighted by Gasteiger charge is -2.10. The number of nitrogens with two attached hydrogens (primary N) is 1. The van der Waals surface area contributed by atoms with Crippen molar-refractivity contribution in [3.05, 3.63) is 12.7 Å². The highest BCUT2D eigenvalue weighted by atomic mass is 15.3. The molecule has 4 nitrogen and oxygen atoms in total. The second-order valence-electron chi connectivity index (χ2n) is 3.61. The summed E-state index contributed by atoms with van der Waals surface area (Å²) in [7, 11) is 0. The van der Waals surface area contributed by atoms with Crippen LogP contribution in [0.25, 0.3) is 0 Å². The van der Waals surface area contributed by atoms with Gasteiger partial charge in [-0.2, -0.15) is 5.10 Å². The van der Waals surface area contributed by atoms with Crippen LogP contribution in [0, 0.1) is 5.41 Å². The Morgan fingerprint density at radius 3 is 2.83 bits per heavy atom. The zero-order chi connectivity index (χ0) is 8.44. The van der Waals surface area contributed by atoms with E-state index in [2.05, 4.69) is 10.1 Å². The van der Waals surface area contributed by atoms with Crippen LogP contribution in [0.4, 0.5) is 0 Å². The molecule has 0 saturated heterocycles. The fourth-order valence-corrected chi connectivity index (χ4v) is 1.43. The first kappa shape index (κ1) is 7.73. The van der Waals surface area contributed by atoms with E-state index in [1.807, 2.05) is 4.68 Å². The van der Waals surface area contributed by atoms with Crippen LogP contribution < -0.4 is 5.73 Å². The first-order valence-corrected chi connectivity index (χ1v) is 4.37. The third-order valence-corrected chi connectivity index (χ3v) is 2.73. The summed E-state index contributed by atoms with van der Waals surface area (Å²) in [5.74, 6) is 0. The Morgan fingerprint density at radius 2 is 2.33 bits per heavy atom. The lowest BCUT2D eigenvalue weighted by Crippen LogP contribution is -2.17. The van der Waals surface area contributed by atoms with Gasteiger partial charge in [0.25, 0.3) is 0 Å². The van der Waals surface area contributed by atoms with Crippen molar-refractivity contribution in [1.82, 2.24) is 14.8 Å². The molecule has 4 heteroatoms. The minimum Gasteiger partial charge on any atom is -0.330 e. The van der Waals surface area contributed by atoms with Crippen LogP contribution in [0.2, 0.25) is 0 Å². The average molecular weight is 166 g/mol. The molecule has 0 aromatic carbocycles. The molecular weight excluding hydrogens is 152 g/mol. The van der Waals surface area contributed by atoms with Crippen LogP contribution in [0.15, 0.2) is 12.7 Å². The van der Waals surface area contributed by atoms with Crippen LogP contribution >= 0.6 is 0 Å². The number of hydrogen-bond donors (Lipinski definition) is 1. The minimum atomic E-state index is 0.450. The molecule has 0 bridgehead atoms. The van der Waals surface area contributed by atoms with Gasteiger partial charge in [-0.3, -0.25) is 4.68 Å². The fourth-order valence-electron chi connectivity index (χ4n) is 1.43. The molecule has 2 N–H and O–H groups in total. The van der Waals surface area contributed by atoms with Crippen molar-refractivity contribution in [2.24, 2.45) is 11.1 Å². The number of aryl methyl sites for hydroxylation is 1. The van der Waals surface area contributed by atoms with Gasteiger partial charge in [0.15, 0.2) is 0 Å². The number of aromatic nitrogens is 3. The minimum absolute atomic E-state index is 0.450. The predicted octanol–water partition coefficient (Wildman–Crippen LogP) is 0.407. The molecule has 1 aromatic rings. The smallest absolute Gasteiger partial charge is 0.137 e. The van der Waals surface area contributed by atoms with Crippen LogP contribution in [-0.2, 0) is 6.54 Å². The SMILES string of the molecule is NCC1(CCn2cncn2)CC1. The Balaban J connectivity index is 1.83. The van der Waals surface area contributed by atoms with E-state index < -0.39 is 0 Å². The Kier molecular flexibility index (Phi) is 1.84. The lowest BCUT2D eigenvalue weighted by atomic mass is 10.0. The number of hydrogen-bond acceptors (Lipinski definition) is 3. The van der Waals surface area contributed by atoms with E-state index in [-0.39, 0.29) is 0 Å². The molecule has 1 aliphatic carbocycles. The number of rotatable bonds is 4. The summed E-state index contributed by atoms with van der Waals surface area (Å²) >= 11 is 0. The van der Waals surface area contributed by atoms with E-state index in [0.29, 0.717) is 5.41 Å². The van der Waals surface area contributed by atoms with Crippen molar-refractivity contribution in [2.75, 3.05) is 6.54 Å². The Morgan fingerprint density at radius 1 is 1.50 bits per heavy atom. The maximum Gasteiger partial charge on any atom is 0.137 e. The maximum atomic E-state index is 5.66. The predicted molar refractivity (Wildman–Crippen MR) is 45.4 cm³/mol. The Bertz CT molecular complexity index is 238. The molecule has 0 atom stereocenters. The highest BCUT2D eigenvalue weighted by Gasteiger charge is 2.40. The highest BCUT2D eigenvalue weighted by molar-refractivity contribution is 4.93. The highest BCUT2D eigenvalue weighted by Crippen LogP contribution is 2.47. The van der Waals surface area contributed by atoms with E-state index in [4.69, 9.17) is 5.73 Å². The van der Waals surface area contributed by atoms with Crippen molar-refractivity contribution in [3.8, 4) is 0 Å². The molecule has 1 heterocycles. The van der Waals surface area contributed by atoms with Crippen LogP contribution in [0.3, 0.4) is 0 Å². The molecule has 0 amide bonds. The monoisotopic (exact) mass is 166 g/mol. The van der Waals surface area contributed by atoms with Crippen molar-refractivity contribution in [1.29, 1.82) is 0 Å². The molecule has 1 aromatic heterocycles. The quantitative estimate of drug-likeness (QED) is 0.704. The van der Waals surface area contributed by atoms with Crippen LogP contribution in [0.5, 0.6) is 0 Å². The summed E-state index contributed by atoms with van der Waals surface area (Å²) in [4.78, 5) is 3.89. The van der Waals surface area contributed by atoms with Gasteiger partial charge in [0.2, 0.25) is 0 Å². The molecule has 0 radical (unpaired) electrons. The lowest BCUT2D eigenvalue weighted by molar-refractivity contribution is 0.419.